The molecule has 10 nitrogen and oxygen atoms in total. The third-order valence-corrected chi connectivity index (χ3v) is 3.11. The second kappa shape index (κ2) is 12.0. The molecule has 0 saturated heterocycles. The van der Waals surface area contributed by atoms with E-state index >= 15 is 0 Å². The highest BCUT2D eigenvalue weighted by atomic mass is 16.6. The molecule has 0 fully saturated rings. The average Bonchev–Trinajstić information content (AvgIpc) is 2.52. The summed E-state index contributed by atoms with van der Waals surface area (Å²) in [5.41, 5.74) is 7.00. The maximum absolute atomic E-state index is 12.7. The van der Waals surface area contributed by atoms with Gasteiger partial charge in [-0.05, 0) is 66.8 Å². The molecular formula is C19H32N4O6. The summed E-state index contributed by atoms with van der Waals surface area (Å²) in [6.07, 6.45) is 1.57. The predicted molar refractivity (Wildman–Crippen MR) is 107 cm³/mol. The molecule has 0 aromatic heterocycles. The van der Waals surface area contributed by atoms with E-state index in [0.717, 1.165) is 4.90 Å². The van der Waals surface area contributed by atoms with Gasteiger partial charge in [-0.1, -0.05) is 11.2 Å². The van der Waals surface area contributed by atoms with Crippen LogP contribution < -0.4 is 0 Å². The van der Waals surface area contributed by atoms with Crippen LogP contribution in [-0.2, 0) is 19.0 Å². The van der Waals surface area contributed by atoms with Crippen LogP contribution in [0, 0.1) is 0 Å². The largest absolute Gasteiger partial charge is 0.463 e. The summed E-state index contributed by atoms with van der Waals surface area (Å²) in [5, 5.41) is 3.50. The van der Waals surface area contributed by atoms with Crippen LogP contribution in [0.2, 0.25) is 0 Å². The van der Waals surface area contributed by atoms with Crippen molar-refractivity contribution in [3.8, 4) is 0 Å². The van der Waals surface area contributed by atoms with Crippen molar-refractivity contribution in [2.75, 3.05) is 13.2 Å². The summed E-state index contributed by atoms with van der Waals surface area (Å²) in [6.45, 7) is 11.8. The molecule has 0 aliphatic carbocycles. The maximum Gasteiger partial charge on any atom is 0.420 e. The van der Waals surface area contributed by atoms with E-state index < -0.39 is 35.4 Å². The summed E-state index contributed by atoms with van der Waals surface area (Å²) in [7, 11) is 0. The first-order valence-electron chi connectivity index (χ1n) is 9.40. The van der Waals surface area contributed by atoms with E-state index in [2.05, 4.69) is 10.0 Å². The Morgan fingerprint density at radius 2 is 1.59 bits per heavy atom. The van der Waals surface area contributed by atoms with Gasteiger partial charge in [0.25, 0.3) is 0 Å². The van der Waals surface area contributed by atoms with Crippen molar-refractivity contribution in [2.45, 2.75) is 78.6 Å². The van der Waals surface area contributed by atoms with E-state index in [1.165, 1.54) is 6.08 Å². The Bertz CT molecular complexity index is 614. The zero-order chi connectivity index (χ0) is 22.7. The third kappa shape index (κ3) is 12.4. The van der Waals surface area contributed by atoms with Gasteiger partial charge < -0.3 is 14.2 Å². The van der Waals surface area contributed by atoms with Gasteiger partial charge in [-0.2, -0.15) is 0 Å². The van der Waals surface area contributed by atoms with Crippen LogP contribution in [0.3, 0.4) is 0 Å². The molecule has 10 heteroatoms. The fourth-order valence-electron chi connectivity index (χ4n) is 2.09. The molecule has 2 amide bonds. The molecule has 0 saturated carbocycles. The van der Waals surface area contributed by atoms with Crippen molar-refractivity contribution in [3.63, 3.8) is 0 Å². The molecule has 0 unspecified atom stereocenters. The molecule has 0 bridgehead atoms. The highest BCUT2D eigenvalue weighted by Crippen LogP contribution is 2.19. The Morgan fingerprint density at radius 1 is 1.07 bits per heavy atom. The number of amides is 2. The number of azide groups is 1. The van der Waals surface area contributed by atoms with E-state index in [4.69, 9.17) is 19.7 Å². The van der Waals surface area contributed by atoms with Gasteiger partial charge in [-0.25, -0.2) is 19.3 Å². The van der Waals surface area contributed by atoms with Gasteiger partial charge in [-0.15, -0.1) is 0 Å². The van der Waals surface area contributed by atoms with Crippen molar-refractivity contribution < 1.29 is 28.6 Å². The molecule has 0 aliphatic heterocycles. The molecule has 0 aromatic carbocycles. The minimum atomic E-state index is -0.903. The van der Waals surface area contributed by atoms with Gasteiger partial charge >= 0.3 is 18.2 Å². The number of imide groups is 1. The smallest absolute Gasteiger partial charge is 0.420 e. The quantitative estimate of drug-likeness (QED) is 0.141. The van der Waals surface area contributed by atoms with Crippen molar-refractivity contribution >= 4 is 18.2 Å². The molecular weight excluding hydrogens is 380 g/mol. The molecule has 1 atom stereocenters. The van der Waals surface area contributed by atoms with E-state index in [1.54, 1.807) is 54.5 Å². The molecule has 29 heavy (non-hydrogen) atoms. The lowest BCUT2D eigenvalue weighted by atomic mass is 10.1. The SMILES string of the molecule is CCOC(=O)/C=C/CC[C@@H](CN=[N+]=[N-])N(C(=O)OC(C)(C)C)C(=O)OC(C)(C)C. The van der Waals surface area contributed by atoms with Crippen LogP contribution in [0.1, 0.15) is 61.3 Å². The normalized spacial score (nSPS) is 12.7. The van der Waals surface area contributed by atoms with Crippen molar-refractivity contribution in [1.29, 1.82) is 0 Å². The first kappa shape index (κ1) is 26.3. The van der Waals surface area contributed by atoms with Gasteiger partial charge in [0.2, 0.25) is 0 Å². The molecule has 0 heterocycles. The highest BCUT2D eigenvalue weighted by molar-refractivity contribution is 5.88. The Morgan fingerprint density at radius 3 is 2.00 bits per heavy atom. The lowest BCUT2D eigenvalue weighted by Crippen LogP contribution is -2.50. The minimum Gasteiger partial charge on any atom is -0.463 e. The Hall–Kier alpha value is -2.74. The zero-order valence-corrected chi connectivity index (χ0v) is 18.3. The minimum absolute atomic E-state index is 0.164. The number of nitrogens with zero attached hydrogens (tertiary/aromatic N) is 4. The summed E-state index contributed by atoms with van der Waals surface area (Å²) < 4.78 is 15.5. The molecule has 0 aromatic rings. The second-order valence-corrected chi connectivity index (χ2v) is 8.13. The highest BCUT2D eigenvalue weighted by Gasteiger charge is 2.36. The summed E-state index contributed by atoms with van der Waals surface area (Å²) >= 11 is 0. The Kier molecular flexibility index (Phi) is 10.8. The van der Waals surface area contributed by atoms with Crippen molar-refractivity contribution in [1.82, 2.24) is 4.90 Å². The molecule has 0 rings (SSSR count). The summed E-state index contributed by atoms with van der Waals surface area (Å²) in [4.78, 5) is 40.3. The molecule has 0 N–H and O–H groups in total. The topological polar surface area (TPSA) is 131 Å². The lowest BCUT2D eigenvalue weighted by Gasteiger charge is -2.32. The summed E-state index contributed by atoms with van der Waals surface area (Å²) in [5.74, 6) is -0.491. The second-order valence-electron chi connectivity index (χ2n) is 8.13. The van der Waals surface area contributed by atoms with Crippen LogP contribution >= 0.6 is 0 Å². The zero-order valence-electron chi connectivity index (χ0n) is 18.3. The number of esters is 1. The molecule has 0 aliphatic rings. The molecule has 164 valence electrons. The van der Waals surface area contributed by atoms with Crippen molar-refractivity contribution in [2.24, 2.45) is 5.11 Å². The third-order valence-electron chi connectivity index (χ3n) is 3.11. The lowest BCUT2D eigenvalue weighted by molar-refractivity contribution is -0.137. The average molecular weight is 412 g/mol. The number of carbonyl (C=O) groups is 3. The van der Waals surface area contributed by atoms with Gasteiger partial charge in [0.1, 0.15) is 11.2 Å². The molecule has 0 radical (unpaired) electrons. The number of hydrogen-bond donors (Lipinski definition) is 0. The van der Waals surface area contributed by atoms with E-state index in [9.17, 15) is 14.4 Å². The number of carbonyl (C=O) groups excluding carboxylic acids is 3. The fourth-order valence-corrected chi connectivity index (χ4v) is 2.09. The Balaban J connectivity index is 5.58. The van der Waals surface area contributed by atoms with Gasteiger partial charge in [0.15, 0.2) is 0 Å². The first-order chi connectivity index (χ1) is 13.3. The number of allylic oxidation sites excluding steroid dienone is 1. The van der Waals surface area contributed by atoms with E-state index in [0.29, 0.717) is 6.42 Å². The number of rotatable bonds is 8. The van der Waals surface area contributed by atoms with Crippen molar-refractivity contribution in [3.05, 3.63) is 22.6 Å². The van der Waals surface area contributed by atoms with Crippen LogP contribution in [0.4, 0.5) is 9.59 Å². The van der Waals surface area contributed by atoms with Crippen LogP contribution in [0.25, 0.3) is 10.4 Å². The van der Waals surface area contributed by atoms with Gasteiger partial charge in [0.05, 0.1) is 12.6 Å². The van der Waals surface area contributed by atoms with Gasteiger partial charge in [0, 0.05) is 17.5 Å². The van der Waals surface area contributed by atoms with Crippen LogP contribution in [-0.4, -0.2) is 53.5 Å². The fraction of sp³-hybridized carbons (Fsp3) is 0.737. The monoisotopic (exact) mass is 412 g/mol. The number of ether oxygens (including phenoxy) is 3. The van der Waals surface area contributed by atoms with E-state index in [-0.39, 0.29) is 19.6 Å². The maximum atomic E-state index is 12.7. The number of hydrogen-bond acceptors (Lipinski definition) is 7. The van der Waals surface area contributed by atoms with Crippen LogP contribution in [0.15, 0.2) is 17.3 Å². The van der Waals surface area contributed by atoms with Crippen LogP contribution in [0.5, 0.6) is 0 Å². The van der Waals surface area contributed by atoms with E-state index in [1.807, 2.05) is 0 Å². The summed E-state index contributed by atoms with van der Waals surface area (Å²) in [6, 6.07) is -0.817. The molecule has 0 spiro atoms. The Labute approximate surface area is 171 Å². The standard InChI is InChI=1S/C19H32N4O6/c1-8-27-15(24)12-10-9-11-14(13-21-22-20)23(16(25)28-18(2,3)4)17(26)29-19(5,6)7/h10,12,14H,8-9,11,13H2,1-7H3/b12-10+/t14-/m0/s1. The first-order valence-corrected chi connectivity index (χ1v) is 9.40. The predicted octanol–water partition coefficient (Wildman–Crippen LogP) is 4.74. The van der Waals surface area contributed by atoms with Gasteiger partial charge in [-0.3, -0.25) is 0 Å².